The molecule has 4 rings (SSSR count). The van der Waals surface area contributed by atoms with Gasteiger partial charge in [0.05, 0.1) is 14.2 Å². The molecule has 2 atom stereocenters. The number of aromatic amines is 1. The highest BCUT2D eigenvalue weighted by Gasteiger charge is 2.30. The first-order chi connectivity index (χ1) is 13.2. The maximum Gasteiger partial charge on any atom is 0.242 e. The van der Waals surface area contributed by atoms with Gasteiger partial charge in [0.2, 0.25) is 5.91 Å². The van der Waals surface area contributed by atoms with Gasteiger partial charge in [0, 0.05) is 23.4 Å². The molecule has 3 aromatic rings. The maximum atomic E-state index is 12.6. The average Bonchev–Trinajstić information content (AvgIpc) is 3.36. The summed E-state index contributed by atoms with van der Waals surface area (Å²) >= 11 is 0. The van der Waals surface area contributed by atoms with Crippen LogP contribution in [0.15, 0.2) is 48.7 Å². The second-order valence-corrected chi connectivity index (χ2v) is 6.51. The van der Waals surface area contributed by atoms with Gasteiger partial charge in [0.25, 0.3) is 0 Å². The van der Waals surface area contributed by atoms with Crippen LogP contribution in [0.2, 0.25) is 0 Å². The van der Waals surface area contributed by atoms with E-state index in [2.05, 4.69) is 21.2 Å². The molecule has 0 aliphatic carbocycles. The zero-order chi connectivity index (χ0) is 18.8. The Kier molecular flexibility index (Phi) is 4.70. The fourth-order valence-electron chi connectivity index (χ4n) is 3.37. The highest BCUT2D eigenvalue weighted by Crippen LogP contribution is 2.32. The summed E-state index contributed by atoms with van der Waals surface area (Å²) in [5.41, 5.74) is 9.07. The molecule has 1 amide bonds. The number of carbonyl (C=O) groups is 1. The number of hydrazine groups is 1. The number of benzene rings is 2. The van der Waals surface area contributed by atoms with Gasteiger partial charge in [-0.25, -0.2) is 10.9 Å². The summed E-state index contributed by atoms with van der Waals surface area (Å²) in [5, 5.41) is 4.09. The van der Waals surface area contributed by atoms with E-state index in [0.29, 0.717) is 17.9 Å². The van der Waals surface area contributed by atoms with Crippen molar-refractivity contribution in [3.8, 4) is 11.5 Å². The van der Waals surface area contributed by atoms with Gasteiger partial charge in [-0.15, -0.1) is 0 Å². The second-order valence-electron chi connectivity index (χ2n) is 6.51. The molecule has 27 heavy (non-hydrogen) atoms. The summed E-state index contributed by atoms with van der Waals surface area (Å²) in [4.78, 5) is 15.8. The van der Waals surface area contributed by atoms with E-state index in [1.807, 2.05) is 48.7 Å². The number of H-pyrrole nitrogens is 1. The molecule has 1 saturated heterocycles. The molecule has 1 aromatic heterocycles. The molecule has 1 aliphatic rings. The molecule has 1 aliphatic heterocycles. The summed E-state index contributed by atoms with van der Waals surface area (Å²) in [7, 11) is 3.22. The van der Waals surface area contributed by atoms with Crippen LogP contribution in [0.3, 0.4) is 0 Å². The maximum absolute atomic E-state index is 12.6. The van der Waals surface area contributed by atoms with E-state index in [-0.39, 0.29) is 18.0 Å². The summed E-state index contributed by atoms with van der Waals surface area (Å²) in [5.74, 6) is 1.28. The number of anilines is 1. The molecular weight excluding hydrogens is 344 g/mol. The number of amides is 1. The van der Waals surface area contributed by atoms with Crippen molar-refractivity contribution < 1.29 is 14.3 Å². The van der Waals surface area contributed by atoms with E-state index in [1.54, 1.807) is 14.2 Å². The van der Waals surface area contributed by atoms with Crippen LogP contribution < -0.4 is 25.6 Å². The van der Waals surface area contributed by atoms with E-state index in [0.717, 1.165) is 22.2 Å². The first-order valence-electron chi connectivity index (χ1n) is 8.79. The fraction of sp³-hybridized carbons (Fsp3) is 0.250. The predicted octanol–water partition coefficient (Wildman–Crippen LogP) is 2.73. The topological polar surface area (TPSA) is 87.4 Å². The molecule has 1 fully saturated rings. The van der Waals surface area contributed by atoms with Crippen molar-refractivity contribution in [2.75, 3.05) is 19.5 Å². The summed E-state index contributed by atoms with van der Waals surface area (Å²) in [6.45, 7) is 0. The van der Waals surface area contributed by atoms with Crippen LogP contribution in [0.5, 0.6) is 11.5 Å². The Hall–Kier alpha value is -3.03. The number of ether oxygens (including phenoxy) is 2. The van der Waals surface area contributed by atoms with Crippen molar-refractivity contribution >= 4 is 22.5 Å². The lowest BCUT2D eigenvalue weighted by molar-refractivity contribution is -0.117. The van der Waals surface area contributed by atoms with Crippen molar-refractivity contribution in [2.24, 2.45) is 0 Å². The van der Waals surface area contributed by atoms with E-state index < -0.39 is 0 Å². The van der Waals surface area contributed by atoms with Gasteiger partial charge in [-0.05, 0) is 47.7 Å². The molecular formula is C20H22N4O3. The highest BCUT2D eigenvalue weighted by atomic mass is 16.5. The van der Waals surface area contributed by atoms with Gasteiger partial charge < -0.3 is 19.8 Å². The lowest BCUT2D eigenvalue weighted by atomic mass is 10.0. The number of rotatable bonds is 5. The molecule has 2 aromatic carbocycles. The average molecular weight is 366 g/mol. The zero-order valence-electron chi connectivity index (χ0n) is 15.2. The molecule has 140 valence electrons. The summed E-state index contributed by atoms with van der Waals surface area (Å²) < 4.78 is 10.6. The smallest absolute Gasteiger partial charge is 0.242 e. The van der Waals surface area contributed by atoms with Gasteiger partial charge in [-0.3, -0.25) is 4.79 Å². The molecule has 0 bridgehead atoms. The molecule has 7 nitrogen and oxygen atoms in total. The fourth-order valence-corrected chi connectivity index (χ4v) is 3.37. The van der Waals surface area contributed by atoms with Crippen LogP contribution in [0, 0.1) is 0 Å². The minimum Gasteiger partial charge on any atom is -0.493 e. The largest absolute Gasteiger partial charge is 0.493 e. The van der Waals surface area contributed by atoms with Crippen molar-refractivity contribution in [3.63, 3.8) is 0 Å². The quantitative estimate of drug-likeness (QED) is 0.558. The number of fused-ring (bicyclic) bond motifs is 1. The number of methoxy groups -OCH3 is 2. The molecule has 0 spiro atoms. The van der Waals surface area contributed by atoms with Gasteiger partial charge in [-0.2, -0.15) is 0 Å². The van der Waals surface area contributed by atoms with Gasteiger partial charge in [-0.1, -0.05) is 12.1 Å². The molecule has 2 unspecified atom stereocenters. The normalized spacial score (nSPS) is 19.2. The van der Waals surface area contributed by atoms with Crippen LogP contribution >= 0.6 is 0 Å². The van der Waals surface area contributed by atoms with Crippen molar-refractivity contribution in [1.29, 1.82) is 0 Å². The van der Waals surface area contributed by atoms with Gasteiger partial charge >= 0.3 is 0 Å². The predicted molar refractivity (Wildman–Crippen MR) is 104 cm³/mol. The minimum atomic E-state index is -0.331. The van der Waals surface area contributed by atoms with Gasteiger partial charge in [0.1, 0.15) is 6.04 Å². The van der Waals surface area contributed by atoms with Crippen molar-refractivity contribution in [1.82, 2.24) is 15.8 Å². The number of hydrogen-bond donors (Lipinski definition) is 4. The van der Waals surface area contributed by atoms with Crippen molar-refractivity contribution in [3.05, 3.63) is 54.2 Å². The van der Waals surface area contributed by atoms with E-state index in [1.165, 1.54) is 0 Å². The number of carbonyl (C=O) groups excluding carboxylic acids is 1. The van der Waals surface area contributed by atoms with Crippen LogP contribution in [0.1, 0.15) is 18.0 Å². The standard InChI is InChI=1S/C20H22N4O3/c1-26-18-6-4-13(9-19(18)27-2)16-11-17(24-23-16)20(25)22-14-5-3-12-7-8-21-15(12)10-14/h3-10,16-17,21,23-24H,11H2,1-2H3,(H,22,25). The number of aromatic nitrogens is 1. The Bertz CT molecular complexity index is 969. The third kappa shape index (κ3) is 3.47. The SMILES string of the molecule is COc1ccc(C2CC(C(=O)Nc3ccc4cc[nH]c4c3)NN2)cc1OC. The van der Waals surface area contributed by atoms with Crippen LogP contribution in [-0.2, 0) is 4.79 Å². The third-order valence-corrected chi connectivity index (χ3v) is 4.85. The monoisotopic (exact) mass is 366 g/mol. The minimum absolute atomic E-state index is 0.00597. The van der Waals surface area contributed by atoms with Crippen molar-refractivity contribution in [2.45, 2.75) is 18.5 Å². The first kappa shape index (κ1) is 17.4. The Morgan fingerprint density at radius 2 is 1.89 bits per heavy atom. The van der Waals surface area contributed by atoms with E-state index in [4.69, 9.17) is 9.47 Å². The Labute approximate surface area is 157 Å². The van der Waals surface area contributed by atoms with E-state index >= 15 is 0 Å². The summed E-state index contributed by atoms with van der Waals surface area (Å²) in [6, 6.07) is 13.3. The van der Waals surface area contributed by atoms with Gasteiger partial charge in [0.15, 0.2) is 11.5 Å². The lowest BCUT2D eigenvalue weighted by Crippen LogP contribution is -2.39. The molecule has 0 radical (unpaired) electrons. The number of nitrogens with one attached hydrogen (secondary N) is 4. The molecule has 2 heterocycles. The Morgan fingerprint density at radius 3 is 2.70 bits per heavy atom. The third-order valence-electron chi connectivity index (χ3n) is 4.85. The van der Waals surface area contributed by atoms with Crippen LogP contribution in [0.25, 0.3) is 10.9 Å². The van der Waals surface area contributed by atoms with Crippen LogP contribution in [-0.4, -0.2) is 31.2 Å². The highest BCUT2D eigenvalue weighted by molar-refractivity contribution is 5.97. The Balaban J connectivity index is 1.43. The molecule has 7 heteroatoms. The Morgan fingerprint density at radius 1 is 1.04 bits per heavy atom. The van der Waals surface area contributed by atoms with E-state index in [9.17, 15) is 4.79 Å². The molecule has 4 N–H and O–H groups in total. The first-order valence-corrected chi connectivity index (χ1v) is 8.79. The molecule has 0 saturated carbocycles. The number of hydrogen-bond acceptors (Lipinski definition) is 5. The summed E-state index contributed by atoms with van der Waals surface area (Å²) in [6.07, 6.45) is 2.51. The van der Waals surface area contributed by atoms with Crippen LogP contribution in [0.4, 0.5) is 5.69 Å². The lowest BCUT2D eigenvalue weighted by Gasteiger charge is -2.13. The zero-order valence-corrected chi connectivity index (χ0v) is 15.2. The second kappa shape index (κ2) is 7.30.